The molecular formula is C40H41F2N5O4S2. The fraction of sp³-hybridized carbons (Fsp3) is 0.325. The molecule has 1 aliphatic rings. The van der Waals surface area contributed by atoms with Gasteiger partial charge in [0.1, 0.15) is 17.2 Å². The van der Waals surface area contributed by atoms with Crippen LogP contribution >= 0.6 is 23.6 Å². The third-order valence-corrected chi connectivity index (χ3v) is 10.3. The van der Waals surface area contributed by atoms with Crippen LogP contribution in [0, 0.1) is 11.6 Å². The maximum atomic E-state index is 15.3. The van der Waals surface area contributed by atoms with Crippen LogP contribution in [-0.2, 0) is 27.2 Å². The predicted octanol–water partition coefficient (Wildman–Crippen LogP) is 8.74. The molecule has 276 valence electrons. The van der Waals surface area contributed by atoms with E-state index >= 15 is 4.39 Å². The van der Waals surface area contributed by atoms with Crippen molar-refractivity contribution in [1.29, 1.82) is 0 Å². The van der Waals surface area contributed by atoms with Crippen molar-refractivity contribution >= 4 is 56.6 Å². The summed E-state index contributed by atoms with van der Waals surface area (Å²) >= 11 is 6.90. The van der Waals surface area contributed by atoms with E-state index in [0.717, 1.165) is 39.2 Å². The number of fused-ring (bicyclic) bond motifs is 1. The molecule has 2 amide bonds. The van der Waals surface area contributed by atoms with Gasteiger partial charge in [0.05, 0.1) is 40.4 Å². The zero-order valence-electron chi connectivity index (χ0n) is 29.9. The Labute approximate surface area is 316 Å². The molecule has 0 unspecified atom stereocenters. The minimum absolute atomic E-state index is 0.0342. The number of thiophene rings is 1. The molecule has 0 aliphatic heterocycles. The number of methoxy groups -OCH3 is 1. The van der Waals surface area contributed by atoms with E-state index in [2.05, 4.69) is 21.7 Å². The predicted molar refractivity (Wildman–Crippen MR) is 207 cm³/mol. The van der Waals surface area contributed by atoms with E-state index in [4.69, 9.17) is 26.7 Å². The summed E-state index contributed by atoms with van der Waals surface area (Å²) in [6, 6.07) is 18.6. The molecule has 0 saturated heterocycles. The number of pyridine rings is 2. The Balaban J connectivity index is 1.06. The lowest BCUT2D eigenvalue weighted by molar-refractivity contribution is -0.119. The van der Waals surface area contributed by atoms with Crippen LogP contribution in [-0.4, -0.2) is 57.8 Å². The Morgan fingerprint density at radius 1 is 0.962 bits per heavy atom. The van der Waals surface area contributed by atoms with Gasteiger partial charge in [-0.1, -0.05) is 24.3 Å². The summed E-state index contributed by atoms with van der Waals surface area (Å²) < 4.78 is 40.4. The van der Waals surface area contributed by atoms with Crippen LogP contribution in [0.1, 0.15) is 67.7 Å². The number of amides is 2. The third-order valence-electron chi connectivity index (χ3n) is 8.92. The van der Waals surface area contributed by atoms with Crippen LogP contribution in [0.4, 0.5) is 19.3 Å². The van der Waals surface area contributed by atoms with Crippen LogP contribution in [0.3, 0.4) is 0 Å². The van der Waals surface area contributed by atoms with E-state index in [-0.39, 0.29) is 40.9 Å². The summed E-state index contributed by atoms with van der Waals surface area (Å²) in [5, 5.41) is 5.51. The third kappa shape index (κ3) is 9.78. The van der Waals surface area contributed by atoms with E-state index in [0.29, 0.717) is 36.5 Å². The largest absolute Gasteiger partial charge is 0.444 e. The normalized spacial score (nSPS) is 15.4. The topological polar surface area (TPSA) is 106 Å². The first-order valence-electron chi connectivity index (χ1n) is 17.3. The minimum Gasteiger partial charge on any atom is -0.444 e. The van der Waals surface area contributed by atoms with Crippen molar-refractivity contribution in [3.8, 4) is 10.6 Å². The molecule has 0 radical (unpaired) electrons. The maximum Gasteiger partial charge on any atom is 0.410 e. The number of thiocarbonyl (C=S) groups is 1. The van der Waals surface area contributed by atoms with Crippen molar-refractivity contribution in [3.63, 3.8) is 0 Å². The fourth-order valence-corrected chi connectivity index (χ4v) is 7.65. The molecule has 53 heavy (non-hydrogen) atoms. The second-order valence-electron chi connectivity index (χ2n) is 14.1. The molecule has 1 fully saturated rings. The van der Waals surface area contributed by atoms with Crippen LogP contribution in [0.2, 0.25) is 0 Å². The lowest BCUT2D eigenvalue weighted by Gasteiger charge is -2.36. The molecule has 2 aromatic carbocycles. The first kappa shape index (κ1) is 37.9. The van der Waals surface area contributed by atoms with E-state index in [9.17, 15) is 14.0 Å². The molecule has 13 heteroatoms. The number of anilines is 1. The summed E-state index contributed by atoms with van der Waals surface area (Å²) in [6.45, 7) is 6.65. The van der Waals surface area contributed by atoms with Crippen molar-refractivity contribution in [2.45, 2.75) is 64.0 Å². The van der Waals surface area contributed by atoms with Crippen LogP contribution in [0.15, 0.2) is 79.1 Å². The number of carbonyl (C=O) groups is 2. The standard InChI is InChI=1S/C40H41F2N5O4S2/c1-40(2,3)51-39(49)47(15-16-50-4)23-25-7-12-33(44-22-25)35-21-34-37(53-35)31(13-14-43-34)27-18-26(19-27)30-11-10-29(20-32(30)42)45-38(52)46-36(48)17-24-5-8-28(41)9-6-24/h5-14,20-22,26-27H,15-19,23H2,1-4H3,(H2,45,46,48,52). The van der Waals surface area contributed by atoms with Crippen LogP contribution in [0.5, 0.6) is 0 Å². The summed E-state index contributed by atoms with van der Waals surface area (Å²) in [6.07, 6.45) is 4.85. The molecular weight excluding hydrogens is 717 g/mol. The average Bonchev–Trinajstić information content (AvgIpc) is 3.52. The number of hydrogen-bond donors (Lipinski definition) is 2. The summed E-state index contributed by atoms with van der Waals surface area (Å²) in [5.41, 5.74) is 4.91. The zero-order valence-corrected chi connectivity index (χ0v) is 31.6. The van der Waals surface area contributed by atoms with Crippen molar-refractivity contribution < 1.29 is 27.8 Å². The molecule has 0 spiro atoms. The molecule has 6 rings (SSSR count). The number of carbonyl (C=O) groups excluding carboxylic acids is 2. The Bertz CT molecular complexity index is 2100. The smallest absolute Gasteiger partial charge is 0.410 e. The lowest BCUT2D eigenvalue weighted by Crippen LogP contribution is -2.38. The molecule has 1 aliphatic carbocycles. The van der Waals surface area contributed by atoms with Gasteiger partial charge in [0.15, 0.2) is 5.11 Å². The number of ether oxygens (including phenoxy) is 2. The highest BCUT2D eigenvalue weighted by Gasteiger charge is 2.34. The van der Waals surface area contributed by atoms with E-state index in [1.165, 1.54) is 35.9 Å². The first-order chi connectivity index (χ1) is 25.3. The highest BCUT2D eigenvalue weighted by atomic mass is 32.1. The molecule has 9 nitrogen and oxygen atoms in total. The van der Waals surface area contributed by atoms with Crippen molar-refractivity contribution in [2.24, 2.45) is 0 Å². The second-order valence-corrected chi connectivity index (χ2v) is 15.5. The van der Waals surface area contributed by atoms with Gasteiger partial charge in [-0.2, -0.15) is 0 Å². The highest BCUT2D eigenvalue weighted by molar-refractivity contribution is 7.80. The first-order valence-corrected chi connectivity index (χ1v) is 18.5. The van der Waals surface area contributed by atoms with Gasteiger partial charge in [-0.15, -0.1) is 11.3 Å². The molecule has 0 atom stereocenters. The zero-order chi connectivity index (χ0) is 37.7. The quantitative estimate of drug-likeness (QED) is 0.129. The summed E-state index contributed by atoms with van der Waals surface area (Å²) in [4.78, 5) is 37.1. The van der Waals surface area contributed by atoms with Gasteiger partial charge in [-0.3, -0.25) is 14.8 Å². The molecule has 3 heterocycles. The molecule has 2 N–H and O–H groups in total. The minimum atomic E-state index is -0.605. The summed E-state index contributed by atoms with van der Waals surface area (Å²) in [7, 11) is 1.60. The molecule has 5 aromatic rings. The van der Waals surface area contributed by atoms with Gasteiger partial charge in [-0.05, 0) is 122 Å². The Morgan fingerprint density at radius 2 is 1.70 bits per heavy atom. The number of nitrogens with zero attached hydrogens (tertiary/aromatic N) is 3. The molecule has 3 aromatic heterocycles. The van der Waals surface area contributed by atoms with Gasteiger partial charge in [-0.25, -0.2) is 13.6 Å². The van der Waals surface area contributed by atoms with Gasteiger partial charge >= 0.3 is 6.09 Å². The van der Waals surface area contributed by atoms with Gasteiger partial charge in [0.2, 0.25) is 5.91 Å². The Hall–Kier alpha value is -4.85. The van der Waals surface area contributed by atoms with Gasteiger partial charge in [0, 0.05) is 31.7 Å². The Morgan fingerprint density at radius 3 is 2.38 bits per heavy atom. The Kier molecular flexibility index (Phi) is 11.8. The summed E-state index contributed by atoms with van der Waals surface area (Å²) in [5.74, 6) is -0.739. The highest BCUT2D eigenvalue weighted by Crippen LogP contribution is 2.51. The average molecular weight is 758 g/mol. The van der Waals surface area contributed by atoms with Crippen LogP contribution in [0.25, 0.3) is 20.8 Å². The van der Waals surface area contributed by atoms with Crippen molar-refractivity contribution in [2.75, 3.05) is 25.6 Å². The fourth-order valence-electron chi connectivity index (χ4n) is 6.23. The molecule has 0 bridgehead atoms. The SMILES string of the molecule is COCCN(Cc1ccc(-c2cc3nccc(C4CC(c5ccc(NC(=S)NC(=O)Cc6ccc(F)cc6)cc5F)C4)c3s2)nc1)C(=O)OC(C)(C)C. The number of halogens is 2. The molecule has 1 saturated carbocycles. The number of hydrogen-bond acceptors (Lipinski definition) is 8. The number of rotatable bonds is 11. The lowest BCUT2D eigenvalue weighted by atomic mass is 9.68. The monoisotopic (exact) mass is 757 g/mol. The number of aromatic nitrogens is 2. The number of nitrogens with one attached hydrogen (secondary N) is 2. The van der Waals surface area contributed by atoms with Crippen molar-refractivity contribution in [1.82, 2.24) is 20.2 Å². The van der Waals surface area contributed by atoms with E-state index < -0.39 is 11.7 Å². The second kappa shape index (κ2) is 16.4. The maximum absolute atomic E-state index is 15.3. The number of benzene rings is 2. The van der Waals surface area contributed by atoms with Crippen LogP contribution < -0.4 is 10.6 Å². The van der Waals surface area contributed by atoms with Gasteiger partial charge < -0.3 is 25.0 Å². The van der Waals surface area contributed by atoms with Crippen molar-refractivity contribution in [3.05, 3.63) is 113 Å². The van der Waals surface area contributed by atoms with Gasteiger partial charge in [0.25, 0.3) is 0 Å². The van der Waals surface area contributed by atoms with E-state index in [1.54, 1.807) is 41.7 Å². The van der Waals surface area contributed by atoms with E-state index in [1.807, 2.05) is 45.2 Å².